The number of carbonyl (C=O) groups is 2. The highest BCUT2D eigenvalue weighted by molar-refractivity contribution is 6.10. The molecule has 0 radical (unpaired) electrons. The molecule has 1 heterocycles. The summed E-state index contributed by atoms with van der Waals surface area (Å²) in [5.74, 6) is 1.52. The van der Waals surface area contributed by atoms with Crippen LogP contribution in [0.25, 0.3) is 21.5 Å². The SMILES string of the molecule is COC(=O)[C@H]1CCC(=O)N1Cc1cc2cc(OC)c(OC)cc2c2cc(OCc3ccccc3)ccc12. The minimum Gasteiger partial charge on any atom is -0.493 e. The number of methoxy groups -OCH3 is 3. The fraction of sp³-hybridized carbons (Fsp3) is 0.267. The van der Waals surface area contributed by atoms with Crippen molar-refractivity contribution in [3.8, 4) is 17.2 Å². The molecule has 0 N–H and O–H groups in total. The number of hydrogen-bond donors (Lipinski definition) is 0. The van der Waals surface area contributed by atoms with Gasteiger partial charge in [-0.15, -0.1) is 0 Å². The summed E-state index contributed by atoms with van der Waals surface area (Å²) in [5, 5.41) is 3.83. The predicted octanol–water partition coefficient (Wildman–Crippen LogP) is 5.25. The normalized spacial score (nSPS) is 15.3. The Bertz CT molecular complexity index is 1470. The number of ether oxygens (including phenoxy) is 4. The van der Waals surface area contributed by atoms with Gasteiger partial charge in [-0.1, -0.05) is 36.4 Å². The van der Waals surface area contributed by atoms with E-state index in [-0.39, 0.29) is 11.9 Å². The fourth-order valence-corrected chi connectivity index (χ4v) is 5.00. The molecule has 1 fully saturated rings. The van der Waals surface area contributed by atoms with Crippen LogP contribution in [0.3, 0.4) is 0 Å². The number of amides is 1. The largest absolute Gasteiger partial charge is 0.493 e. The average Bonchev–Trinajstić information content (AvgIpc) is 3.30. The lowest BCUT2D eigenvalue weighted by molar-refractivity contribution is -0.149. The van der Waals surface area contributed by atoms with Crippen LogP contribution in [0.2, 0.25) is 0 Å². The highest BCUT2D eigenvalue weighted by atomic mass is 16.5. The van der Waals surface area contributed by atoms with E-state index in [2.05, 4.69) is 0 Å². The molecule has 190 valence electrons. The Kier molecular flexibility index (Phi) is 6.86. The molecular formula is C30H29NO6. The van der Waals surface area contributed by atoms with Gasteiger partial charge in [0.15, 0.2) is 11.5 Å². The Morgan fingerprint density at radius 2 is 1.65 bits per heavy atom. The van der Waals surface area contributed by atoms with Gasteiger partial charge < -0.3 is 23.8 Å². The van der Waals surface area contributed by atoms with E-state index in [4.69, 9.17) is 18.9 Å². The molecule has 0 aromatic heterocycles. The van der Waals surface area contributed by atoms with E-state index >= 15 is 0 Å². The number of rotatable bonds is 8. The Morgan fingerprint density at radius 1 is 0.892 bits per heavy atom. The minimum absolute atomic E-state index is 0.0567. The molecule has 0 bridgehead atoms. The van der Waals surface area contributed by atoms with Gasteiger partial charge in [0.2, 0.25) is 5.91 Å². The van der Waals surface area contributed by atoms with E-state index in [0.29, 0.717) is 37.5 Å². The first kappa shape index (κ1) is 24.4. The zero-order valence-electron chi connectivity index (χ0n) is 21.2. The van der Waals surface area contributed by atoms with Crippen molar-refractivity contribution in [3.63, 3.8) is 0 Å². The molecular weight excluding hydrogens is 470 g/mol. The molecule has 1 atom stereocenters. The molecule has 0 aliphatic carbocycles. The van der Waals surface area contributed by atoms with Crippen molar-refractivity contribution in [1.29, 1.82) is 0 Å². The van der Waals surface area contributed by atoms with Gasteiger partial charge in [0.05, 0.1) is 21.3 Å². The summed E-state index contributed by atoms with van der Waals surface area (Å²) in [6.07, 6.45) is 0.785. The number of nitrogens with zero attached hydrogens (tertiary/aromatic N) is 1. The second-order valence-corrected chi connectivity index (χ2v) is 9.04. The molecule has 7 nitrogen and oxygen atoms in total. The second-order valence-electron chi connectivity index (χ2n) is 9.04. The van der Waals surface area contributed by atoms with Gasteiger partial charge >= 0.3 is 5.97 Å². The summed E-state index contributed by atoms with van der Waals surface area (Å²) in [4.78, 5) is 26.7. The van der Waals surface area contributed by atoms with Crippen LogP contribution in [-0.2, 0) is 27.5 Å². The van der Waals surface area contributed by atoms with E-state index < -0.39 is 6.04 Å². The van der Waals surface area contributed by atoms with Gasteiger partial charge in [-0.3, -0.25) is 4.79 Å². The Balaban J connectivity index is 1.61. The van der Waals surface area contributed by atoms with E-state index in [1.807, 2.05) is 66.7 Å². The van der Waals surface area contributed by atoms with Gasteiger partial charge in [-0.2, -0.15) is 0 Å². The Hall–Kier alpha value is -4.26. The van der Waals surface area contributed by atoms with Crippen LogP contribution in [0, 0.1) is 0 Å². The first-order chi connectivity index (χ1) is 18.0. The fourth-order valence-electron chi connectivity index (χ4n) is 5.00. The number of benzene rings is 4. The molecule has 4 aromatic rings. The molecule has 0 unspecified atom stereocenters. The van der Waals surface area contributed by atoms with Crippen LogP contribution in [0.5, 0.6) is 17.2 Å². The van der Waals surface area contributed by atoms with Gasteiger partial charge in [0, 0.05) is 13.0 Å². The molecule has 0 spiro atoms. The van der Waals surface area contributed by atoms with Crippen molar-refractivity contribution in [2.45, 2.75) is 32.0 Å². The molecule has 1 aliphatic heterocycles. The van der Waals surface area contributed by atoms with Crippen molar-refractivity contribution in [3.05, 3.63) is 77.9 Å². The summed E-state index contributed by atoms with van der Waals surface area (Å²) in [7, 11) is 4.57. The number of hydrogen-bond acceptors (Lipinski definition) is 6. The van der Waals surface area contributed by atoms with Crippen LogP contribution in [0.15, 0.2) is 66.7 Å². The maximum absolute atomic E-state index is 12.7. The third-order valence-electron chi connectivity index (χ3n) is 6.90. The predicted molar refractivity (Wildman–Crippen MR) is 141 cm³/mol. The van der Waals surface area contributed by atoms with E-state index in [9.17, 15) is 9.59 Å². The molecule has 1 amide bonds. The van der Waals surface area contributed by atoms with Crippen LogP contribution in [-0.4, -0.2) is 44.1 Å². The molecule has 4 aromatic carbocycles. The molecule has 0 saturated carbocycles. The molecule has 5 rings (SSSR count). The zero-order chi connectivity index (χ0) is 25.9. The standard InChI is InChI=1S/C30H29NO6/c1-34-27-14-20-13-21(17-31-26(30(33)36-3)11-12-29(31)32)23-10-9-22(37-18-19-7-5-4-6-8-19)15-25(23)24(20)16-28(27)35-2/h4-10,13-16,26H,11-12,17-18H2,1-3H3/t26-/m1/s1. The number of fused-ring (bicyclic) bond motifs is 3. The zero-order valence-corrected chi connectivity index (χ0v) is 21.2. The Labute approximate surface area is 215 Å². The first-order valence-corrected chi connectivity index (χ1v) is 12.2. The minimum atomic E-state index is -0.581. The summed E-state index contributed by atoms with van der Waals surface area (Å²) >= 11 is 0. The van der Waals surface area contributed by atoms with Crippen LogP contribution in [0.4, 0.5) is 0 Å². The third-order valence-corrected chi connectivity index (χ3v) is 6.90. The molecule has 37 heavy (non-hydrogen) atoms. The summed E-state index contributed by atoms with van der Waals surface area (Å²) in [5.41, 5.74) is 2.00. The van der Waals surface area contributed by atoms with E-state index in [1.165, 1.54) is 7.11 Å². The van der Waals surface area contributed by atoms with Crippen molar-refractivity contribution >= 4 is 33.4 Å². The highest BCUT2D eigenvalue weighted by Crippen LogP contribution is 2.39. The van der Waals surface area contributed by atoms with Crippen LogP contribution >= 0.6 is 0 Å². The average molecular weight is 500 g/mol. The Morgan fingerprint density at radius 3 is 2.38 bits per heavy atom. The summed E-state index contributed by atoms with van der Waals surface area (Å²) < 4.78 is 22.2. The number of esters is 1. The molecule has 1 saturated heterocycles. The van der Waals surface area contributed by atoms with Crippen molar-refractivity contribution in [2.24, 2.45) is 0 Å². The molecule has 7 heteroatoms. The van der Waals surface area contributed by atoms with Crippen molar-refractivity contribution in [2.75, 3.05) is 21.3 Å². The maximum Gasteiger partial charge on any atom is 0.328 e. The topological polar surface area (TPSA) is 74.3 Å². The molecule has 1 aliphatic rings. The van der Waals surface area contributed by atoms with Gasteiger partial charge in [0.1, 0.15) is 18.4 Å². The van der Waals surface area contributed by atoms with Crippen molar-refractivity contribution < 1.29 is 28.5 Å². The van der Waals surface area contributed by atoms with Crippen LogP contribution < -0.4 is 14.2 Å². The smallest absolute Gasteiger partial charge is 0.328 e. The lowest BCUT2D eigenvalue weighted by Gasteiger charge is -2.24. The summed E-state index contributed by atoms with van der Waals surface area (Å²) in [6.45, 7) is 0.744. The van der Waals surface area contributed by atoms with Gasteiger partial charge in [-0.25, -0.2) is 4.79 Å². The maximum atomic E-state index is 12.7. The van der Waals surface area contributed by atoms with Crippen LogP contribution in [0.1, 0.15) is 24.0 Å². The number of likely N-dealkylation sites (tertiary alicyclic amines) is 1. The monoisotopic (exact) mass is 499 g/mol. The summed E-state index contributed by atoms with van der Waals surface area (Å²) in [6, 6.07) is 21.3. The lowest BCUT2D eigenvalue weighted by atomic mass is 9.96. The van der Waals surface area contributed by atoms with Crippen molar-refractivity contribution in [1.82, 2.24) is 4.90 Å². The van der Waals surface area contributed by atoms with Gasteiger partial charge in [0.25, 0.3) is 0 Å². The third kappa shape index (κ3) is 4.77. The highest BCUT2D eigenvalue weighted by Gasteiger charge is 2.37. The van der Waals surface area contributed by atoms with Gasteiger partial charge in [-0.05, 0) is 69.4 Å². The quantitative estimate of drug-likeness (QED) is 0.243. The first-order valence-electron chi connectivity index (χ1n) is 12.2. The van der Waals surface area contributed by atoms with E-state index in [1.54, 1.807) is 19.1 Å². The number of carbonyl (C=O) groups excluding carboxylic acids is 2. The second kappa shape index (κ2) is 10.4. The lowest BCUT2D eigenvalue weighted by Crippen LogP contribution is -2.38. The van der Waals surface area contributed by atoms with E-state index in [0.717, 1.165) is 38.4 Å².